The summed E-state index contributed by atoms with van der Waals surface area (Å²) in [4.78, 5) is 0. The molecular weight excluding hydrogens is 398 g/mol. The normalized spacial score (nSPS) is 19.3. The van der Waals surface area contributed by atoms with Gasteiger partial charge < -0.3 is 14.8 Å². The molecule has 0 aromatic heterocycles. The van der Waals surface area contributed by atoms with E-state index < -0.39 is 13.2 Å². The van der Waals surface area contributed by atoms with E-state index in [4.69, 9.17) is 0 Å². The van der Waals surface area contributed by atoms with Crippen LogP contribution < -0.4 is 14.8 Å². The summed E-state index contributed by atoms with van der Waals surface area (Å²) in [5.74, 6) is 0.358. The van der Waals surface area contributed by atoms with Gasteiger partial charge in [-0.05, 0) is 73.9 Å². The first-order valence-corrected chi connectivity index (χ1v) is 10.3. The van der Waals surface area contributed by atoms with Crippen molar-refractivity contribution >= 4 is 0 Å². The maximum Gasteiger partial charge on any atom is 0.387 e. The minimum atomic E-state index is -2.80. The predicted octanol–water partition coefficient (Wildman–Crippen LogP) is 5.97. The van der Waals surface area contributed by atoms with Crippen molar-refractivity contribution in [2.24, 2.45) is 0 Å². The Morgan fingerprint density at radius 3 is 1.47 bits per heavy atom. The van der Waals surface area contributed by atoms with Crippen LogP contribution in [0, 0.1) is 0 Å². The number of halogens is 4. The molecule has 1 saturated heterocycles. The fourth-order valence-electron chi connectivity index (χ4n) is 3.92. The molecule has 1 fully saturated rings. The highest BCUT2D eigenvalue weighted by molar-refractivity contribution is 5.28. The lowest BCUT2D eigenvalue weighted by atomic mass is 9.91. The first-order chi connectivity index (χ1) is 14.5. The van der Waals surface area contributed by atoms with E-state index in [0.29, 0.717) is 12.1 Å². The van der Waals surface area contributed by atoms with Crippen molar-refractivity contribution in [1.29, 1.82) is 0 Å². The van der Waals surface area contributed by atoms with Crippen LogP contribution in [0.1, 0.15) is 43.2 Å². The molecule has 1 aliphatic heterocycles. The van der Waals surface area contributed by atoms with Gasteiger partial charge in [-0.1, -0.05) is 30.7 Å². The molecule has 3 nitrogen and oxygen atoms in total. The second kappa shape index (κ2) is 11.2. The molecule has 0 bridgehead atoms. The summed E-state index contributed by atoms with van der Waals surface area (Å²) < 4.78 is 57.6. The monoisotopic (exact) mass is 425 g/mol. The van der Waals surface area contributed by atoms with Gasteiger partial charge >= 0.3 is 13.2 Å². The molecule has 0 saturated carbocycles. The maximum absolute atomic E-state index is 12.2. The molecule has 0 spiro atoms. The largest absolute Gasteiger partial charge is 0.435 e. The van der Waals surface area contributed by atoms with Gasteiger partial charge in [0.05, 0.1) is 0 Å². The number of hydrogen-bond donors (Lipinski definition) is 1. The molecule has 0 aliphatic carbocycles. The van der Waals surface area contributed by atoms with Crippen molar-refractivity contribution in [2.75, 3.05) is 0 Å². The molecule has 2 aromatic rings. The summed E-state index contributed by atoms with van der Waals surface area (Å²) in [6.45, 7) is -5.61. The van der Waals surface area contributed by atoms with Crippen molar-refractivity contribution < 1.29 is 27.0 Å². The fraction of sp³-hybridized carbons (Fsp3) is 0.478. The third kappa shape index (κ3) is 7.52. The number of ether oxygens (including phenoxy) is 2. The minimum absolute atomic E-state index is 0.179. The van der Waals surface area contributed by atoms with E-state index in [2.05, 4.69) is 14.8 Å². The number of aryl methyl sites for hydroxylation is 2. The highest BCUT2D eigenvalue weighted by atomic mass is 19.3. The molecule has 0 unspecified atom stereocenters. The molecular formula is C23H27F4NO2. The number of piperidine rings is 1. The molecule has 1 N–H and O–H groups in total. The van der Waals surface area contributed by atoms with E-state index in [1.807, 2.05) is 24.3 Å². The summed E-state index contributed by atoms with van der Waals surface area (Å²) in [6, 6.07) is 14.5. The smallest absolute Gasteiger partial charge is 0.387 e. The van der Waals surface area contributed by atoms with E-state index >= 15 is 0 Å². The van der Waals surface area contributed by atoms with Gasteiger partial charge in [0, 0.05) is 12.1 Å². The highest BCUT2D eigenvalue weighted by Crippen LogP contribution is 2.22. The third-order valence-electron chi connectivity index (χ3n) is 5.44. The predicted molar refractivity (Wildman–Crippen MR) is 107 cm³/mol. The Hall–Kier alpha value is -2.28. The van der Waals surface area contributed by atoms with Gasteiger partial charge in [-0.25, -0.2) is 0 Å². The average molecular weight is 425 g/mol. The van der Waals surface area contributed by atoms with Crippen LogP contribution in [0.5, 0.6) is 11.5 Å². The van der Waals surface area contributed by atoms with Gasteiger partial charge in [-0.3, -0.25) is 0 Å². The van der Waals surface area contributed by atoms with E-state index in [-0.39, 0.29) is 11.5 Å². The van der Waals surface area contributed by atoms with Gasteiger partial charge in [0.2, 0.25) is 0 Å². The third-order valence-corrected chi connectivity index (χ3v) is 5.44. The number of hydrogen-bond acceptors (Lipinski definition) is 3. The van der Waals surface area contributed by atoms with Crippen molar-refractivity contribution in [1.82, 2.24) is 5.32 Å². The molecule has 2 aromatic carbocycles. The Balaban J connectivity index is 1.40. The zero-order valence-corrected chi connectivity index (χ0v) is 16.7. The second-order valence-corrected chi connectivity index (χ2v) is 7.61. The Kier molecular flexibility index (Phi) is 8.37. The summed E-state index contributed by atoms with van der Waals surface area (Å²) in [6.07, 6.45) is 7.17. The first kappa shape index (κ1) is 22.4. The molecule has 1 aliphatic rings. The zero-order valence-electron chi connectivity index (χ0n) is 16.7. The van der Waals surface area contributed by atoms with Crippen LogP contribution in [-0.2, 0) is 12.8 Å². The summed E-state index contributed by atoms with van der Waals surface area (Å²) >= 11 is 0. The molecule has 1 heterocycles. The molecule has 3 rings (SSSR count). The standard InChI is InChI=1S/C23H27F4NO2/c24-22(25)29-20-12-6-16(7-13-20)4-10-18-2-1-3-19(28-18)11-5-17-8-14-21(15-9-17)30-23(26)27/h6-9,12-15,18-19,22-23,28H,1-5,10-11H2/t18-,19+. The molecule has 0 amide bonds. The van der Waals surface area contributed by atoms with Crippen molar-refractivity contribution in [2.45, 2.75) is 70.3 Å². The van der Waals surface area contributed by atoms with Crippen LogP contribution in [0.25, 0.3) is 0 Å². The van der Waals surface area contributed by atoms with E-state index in [1.54, 1.807) is 24.3 Å². The fourth-order valence-corrected chi connectivity index (χ4v) is 3.92. The van der Waals surface area contributed by atoms with Crippen molar-refractivity contribution in [3.05, 3.63) is 59.7 Å². The van der Waals surface area contributed by atoms with Crippen LogP contribution >= 0.6 is 0 Å². The molecule has 30 heavy (non-hydrogen) atoms. The number of nitrogens with one attached hydrogen (secondary N) is 1. The maximum atomic E-state index is 12.2. The van der Waals surface area contributed by atoms with Gasteiger partial charge in [0.25, 0.3) is 0 Å². The van der Waals surface area contributed by atoms with E-state index in [0.717, 1.165) is 49.7 Å². The van der Waals surface area contributed by atoms with Crippen molar-refractivity contribution in [3.8, 4) is 11.5 Å². The van der Waals surface area contributed by atoms with Gasteiger partial charge in [-0.2, -0.15) is 17.6 Å². The van der Waals surface area contributed by atoms with Gasteiger partial charge in [0.15, 0.2) is 0 Å². The zero-order chi connectivity index (χ0) is 21.3. The van der Waals surface area contributed by atoms with Crippen LogP contribution in [0.4, 0.5) is 17.6 Å². The minimum Gasteiger partial charge on any atom is -0.435 e. The van der Waals surface area contributed by atoms with Crippen LogP contribution in [-0.4, -0.2) is 25.3 Å². The highest BCUT2D eigenvalue weighted by Gasteiger charge is 2.20. The lowest BCUT2D eigenvalue weighted by molar-refractivity contribution is -0.0505. The Morgan fingerprint density at radius 1 is 0.700 bits per heavy atom. The number of rotatable bonds is 10. The Bertz CT molecular complexity index is 689. The SMILES string of the molecule is FC(F)Oc1ccc(CC[C@H]2CCC[C@@H](CCc3ccc(OC(F)F)cc3)N2)cc1. The van der Waals surface area contributed by atoms with Gasteiger partial charge in [-0.15, -0.1) is 0 Å². The first-order valence-electron chi connectivity index (χ1n) is 10.3. The second-order valence-electron chi connectivity index (χ2n) is 7.61. The Labute approximate surface area is 174 Å². The summed E-state index contributed by atoms with van der Waals surface area (Å²) in [5.41, 5.74) is 2.21. The molecule has 164 valence electrons. The van der Waals surface area contributed by atoms with E-state index in [1.165, 1.54) is 6.42 Å². The van der Waals surface area contributed by atoms with Crippen molar-refractivity contribution in [3.63, 3.8) is 0 Å². The summed E-state index contributed by atoms with van der Waals surface area (Å²) in [7, 11) is 0. The number of alkyl halides is 4. The lowest BCUT2D eigenvalue weighted by Crippen LogP contribution is -2.42. The van der Waals surface area contributed by atoms with Gasteiger partial charge in [0.1, 0.15) is 11.5 Å². The Morgan fingerprint density at radius 2 is 1.10 bits per heavy atom. The van der Waals surface area contributed by atoms with E-state index in [9.17, 15) is 17.6 Å². The molecule has 2 atom stereocenters. The molecule has 0 radical (unpaired) electrons. The average Bonchev–Trinajstić information content (AvgIpc) is 2.72. The molecule has 7 heteroatoms. The quantitative estimate of drug-likeness (QED) is 0.476. The van der Waals surface area contributed by atoms with Crippen LogP contribution in [0.15, 0.2) is 48.5 Å². The number of benzene rings is 2. The summed E-state index contributed by atoms with van der Waals surface area (Å²) in [5, 5.41) is 3.72. The lowest BCUT2D eigenvalue weighted by Gasteiger charge is -2.31. The van der Waals surface area contributed by atoms with Crippen LogP contribution in [0.3, 0.4) is 0 Å². The van der Waals surface area contributed by atoms with Crippen LogP contribution in [0.2, 0.25) is 0 Å². The topological polar surface area (TPSA) is 30.5 Å².